The van der Waals surface area contributed by atoms with Gasteiger partial charge in [0.2, 0.25) is 0 Å². The smallest absolute Gasteiger partial charge is 0.306 e. The predicted molar refractivity (Wildman–Crippen MR) is 85.1 cm³/mol. The van der Waals surface area contributed by atoms with E-state index in [2.05, 4.69) is 5.10 Å². The average molecular weight is 370 g/mol. The van der Waals surface area contributed by atoms with E-state index in [1.807, 2.05) is 10.7 Å². The molecule has 136 valence electrons. The number of carbonyl (C=O) groups is 1. The number of para-hydroxylation sites is 1. The number of amides is 1. The van der Waals surface area contributed by atoms with Crippen molar-refractivity contribution in [2.75, 3.05) is 5.43 Å². The van der Waals surface area contributed by atoms with Gasteiger partial charge in [0.25, 0.3) is 5.91 Å². The number of carbonyl (C=O) groups excluding carboxylic acids is 1. The van der Waals surface area contributed by atoms with Gasteiger partial charge in [0.1, 0.15) is 11.5 Å². The number of hydrogen-bond donors (Lipinski definition) is 3. The first-order valence-electron chi connectivity index (χ1n) is 6.99. The summed E-state index contributed by atoms with van der Waals surface area (Å²) in [6.45, 7) is 0. The number of amidine groups is 1. The minimum absolute atomic E-state index is 0.578. The van der Waals surface area contributed by atoms with E-state index in [0.29, 0.717) is 6.21 Å². The Balaban J connectivity index is 2.06. The van der Waals surface area contributed by atoms with Gasteiger partial charge in [-0.15, -0.1) is 0 Å². The Morgan fingerprint density at radius 1 is 1.04 bits per heavy atom. The van der Waals surface area contributed by atoms with Crippen LogP contribution in [-0.2, 0) is 6.18 Å². The van der Waals surface area contributed by atoms with Crippen molar-refractivity contribution in [1.82, 2.24) is 5.32 Å². The van der Waals surface area contributed by atoms with Gasteiger partial charge in [-0.1, -0.05) is 18.2 Å². The van der Waals surface area contributed by atoms with Gasteiger partial charge < -0.3 is 5.32 Å². The molecule has 0 aliphatic rings. The largest absolute Gasteiger partial charge is 0.417 e. The molecule has 3 N–H and O–H groups in total. The van der Waals surface area contributed by atoms with Gasteiger partial charge in [0.05, 0.1) is 17.3 Å². The highest BCUT2D eigenvalue weighted by atomic mass is 19.4. The Morgan fingerprint density at radius 2 is 1.65 bits per heavy atom. The standard InChI is InChI=1S/C16H11F5N4O/c17-11-6-3-7-12(18)14(11)25-23-8-13(22)24-15(26)9-4-1-2-5-10(9)16(19,20)21/h1-8,25H,(H2,22,24,26)/b23-8-. The van der Waals surface area contributed by atoms with Crippen LogP contribution in [0.1, 0.15) is 15.9 Å². The molecule has 0 fully saturated rings. The number of benzene rings is 2. The molecule has 0 aliphatic heterocycles. The topological polar surface area (TPSA) is 77.3 Å². The molecule has 2 rings (SSSR count). The molecule has 26 heavy (non-hydrogen) atoms. The first-order valence-corrected chi connectivity index (χ1v) is 6.99. The highest BCUT2D eigenvalue weighted by molar-refractivity contribution is 6.32. The molecule has 0 radical (unpaired) electrons. The van der Waals surface area contributed by atoms with Gasteiger partial charge in [-0.3, -0.25) is 15.6 Å². The van der Waals surface area contributed by atoms with Crippen LogP contribution in [0.4, 0.5) is 27.6 Å². The lowest BCUT2D eigenvalue weighted by molar-refractivity contribution is -0.137. The molecule has 0 spiro atoms. The van der Waals surface area contributed by atoms with Gasteiger partial charge in [-0.05, 0) is 24.3 Å². The molecule has 0 saturated carbocycles. The van der Waals surface area contributed by atoms with Crippen molar-refractivity contribution in [3.05, 3.63) is 65.2 Å². The predicted octanol–water partition coefficient (Wildman–Crippen LogP) is 3.79. The molecule has 5 nitrogen and oxygen atoms in total. The summed E-state index contributed by atoms with van der Waals surface area (Å²) in [5.41, 5.74) is -0.404. The fraction of sp³-hybridized carbons (Fsp3) is 0.0625. The fourth-order valence-electron chi connectivity index (χ4n) is 1.92. The molecule has 10 heteroatoms. The maximum atomic E-state index is 13.4. The van der Waals surface area contributed by atoms with Crippen LogP contribution < -0.4 is 10.7 Å². The number of hydrogen-bond acceptors (Lipinski definition) is 4. The zero-order valence-electron chi connectivity index (χ0n) is 12.9. The number of halogens is 5. The molecule has 2 aromatic rings. The van der Waals surface area contributed by atoms with Gasteiger partial charge in [-0.25, -0.2) is 8.78 Å². The minimum atomic E-state index is -4.74. The summed E-state index contributed by atoms with van der Waals surface area (Å²) in [6.07, 6.45) is -4.06. The third-order valence-electron chi connectivity index (χ3n) is 3.06. The number of alkyl halides is 3. The Labute approximate surface area is 144 Å². The number of anilines is 1. The van der Waals surface area contributed by atoms with E-state index in [0.717, 1.165) is 36.4 Å². The van der Waals surface area contributed by atoms with E-state index >= 15 is 0 Å². The Bertz CT molecular complexity index is 844. The van der Waals surface area contributed by atoms with Gasteiger partial charge >= 0.3 is 6.18 Å². The highest BCUT2D eigenvalue weighted by Crippen LogP contribution is 2.31. The van der Waals surface area contributed by atoms with Crippen molar-refractivity contribution < 1.29 is 26.7 Å². The second kappa shape index (κ2) is 7.72. The number of nitrogens with one attached hydrogen (secondary N) is 3. The molecule has 0 heterocycles. The molecule has 0 aromatic heterocycles. The van der Waals surface area contributed by atoms with Crippen LogP contribution in [0.3, 0.4) is 0 Å². The van der Waals surface area contributed by atoms with Crippen molar-refractivity contribution in [2.24, 2.45) is 5.10 Å². The van der Waals surface area contributed by atoms with E-state index in [1.54, 1.807) is 0 Å². The fourth-order valence-corrected chi connectivity index (χ4v) is 1.92. The van der Waals surface area contributed by atoms with Gasteiger partial charge in [-0.2, -0.15) is 18.3 Å². The van der Waals surface area contributed by atoms with Crippen molar-refractivity contribution in [1.29, 1.82) is 5.41 Å². The van der Waals surface area contributed by atoms with E-state index in [-0.39, 0.29) is 0 Å². The van der Waals surface area contributed by atoms with Crippen LogP contribution in [0, 0.1) is 17.0 Å². The summed E-state index contributed by atoms with van der Waals surface area (Å²) in [4.78, 5) is 11.9. The second-order valence-corrected chi connectivity index (χ2v) is 4.88. The second-order valence-electron chi connectivity index (χ2n) is 4.88. The van der Waals surface area contributed by atoms with E-state index in [1.165, 1.54) is 6.07 Å². The van der Waals surface area contributed by atoms with Crippen LogP contribution in [0.25, 0.3) is 0 Å². The van der Waals surface area contributed by atoms with E-state index in [9.17, 15) is 26.7 Å². The molecule has 0 aliphatic carbocycles. The summed E-state index contributed by atoms with van der Waals surface area (Å²) in [5.74, 6) is -3.73. The highest BCUT2D eigenvalue weighted by Gasteiger charge is 2.34. The zero-order chi connectivity index (χ0) is 19.3. The molecular formula is C16H11F5N4O. The molecule has 1 amide bonds. The van der Waals surface area contributed by atoms with Crippen LogP contribution in [0.15, 0.2) is 47.6 Å². The first-order chi connectivity index (χ1) is 12.2. The molecule has 2 aromatic carbocycles. The van der Waals surface area contributed by atoms with Crippen LogP contribution in [0.5, 0.6) is 0 Å². The molecule has 0 atom stereocenters. The number of rotatable bonds is 4. The monoisotopic (exact) mass is 370 g/mol. The van der Waals surface area contributed by atoms with Crippen LogP contribution in [-0.4, -0.2) is 18.0 Å². The summed E-state index contributed by atoms with van der Waals surface area (Å²) in [6, 6.07) is 7.14. The minimum Gasteiger partial charge on any atom is -0.306 e. The Hall–Kier alpha value is -3.30. The normalized spacial score (nSPS) is 11.4. The first kappa shape index (κ1) is 19.0. The number of nitrogens with zero attached hydrogens (tertiary/aromatic N) is 1. The lowest BCUT2D eigenvalue weighted by atomic mass is 10.1. The maximum absolute atomic E-state index is 13.4. The van der Waals surface area contributed by atoms with E-state index < -0.39 is 46.4 Å². The SMILES string of the molecule is N=C(/C=N\Nc1c(F)cccc1F)NC(=O)c1ccccc1C(F)(F)F. The van der Waals surface area contributed by atoms with Crippen LogP contribution in [0.2, 0.25) is 0 Å². The third-order valence-corrected chi connectivity index (χ3v) is 3.06. The lowest BCUT2D eigenvalue weighted by Gasteiger charge is -2.12. The Morgan fingerprint density at radius 3 is 2.27 bits per heavy atom. The van der Waals surface area contributed by atoms with Crippen molar-refractivity contribution >= 4 is 23.6 Å². The summed E-state index contributed by atoms with van der Waals surface area (Å²) < 4.78 is 65.3. The summed E-state index contributed by atoms with van der Waals surface area (Å²) >= 11 is 0. The molecule has 0 saturated heterocycles. The van der Waals surface area contributed by atoms with Gasteiger partial charge in [0, 0.05) is 0 Å². The zero-order valence-corrected chi connectivity index (χ0v) is 12.9. The third kappa shape index (κ3) is 4.62. The summed E-state index contributed by atoms with van der Waals surface area (Å²) in [5, 5.41) is 12.7. The van der Waals surface area contributed by atoms with Crippen molar-refractivity contribution in [2.45, 2.75) is 6.18 Å². The maximum Gasteiger partial charge on any atom is 0.417 e. The molecule has 0 bridgehead atoms. The average Bonchev–Trinajstić information content (AvgIpc) is 2.56. The van der Waals surface area contributed by atoms with E-state index in [4.69, 9.17) is 5.41 Å². The van der Waals surface area contributed by atoms with Crippen molar-refractivity contribution in [3.63, 3.8) is 0 Å². The molecule has 0 unspecified atom stereocenters. The van der Waals surface area contributed by atoms with Gasteiger partial charge in [0.15, 0.2) is 11.6 Å². The lowest BCUT2D eigenvalue weighted by Crippen LogP contribution is -2.32. The number of hydrazone groups is 1. The quantitative estimate of drug-likeness (QED) is 0.331. The Kier molecular flexibility index (Phi) is 5.65. The molecular weight excluding hydrogens is 359 g/mol. The van der Waals surface area contributed by atoms with Crippen LogP contribution >= 0.6 is 0 Å². The van der Waals surface area contributed by atoms with Crippen molar-refractivity contribution in [3.8, 4) is 0 Å². The summed E-state index contributed by atoms with van der Waals surface area (Å²) in [7, 11) is 0.